The van der Waals surface area contributed by atoms with Gasteiger partial charge in [0.05, 0.1) is 6.54 Å². The van der Waals surface area contributed by atoms with Crippen molar-refractivity contribution in [3.63, 3.8) is 0 Å². The molecule has 0 radical (unpaired) electrons. The third kappa shape index (κ3) is 5.22. The van der Waals surface area contributed by atoms with Gasteiger partial charge in [-0.3, -0.25) is 9.59 Å². The minimum Gasteiger partial charge on any atom is -0.491 e. The first kappa shape index (κ1) is 25.4. The van der Waals surface area contributed by atoms with E-state index in [9.17, 15) is 9.59 Å². The summed E-state index contributed by atoms with van der Waals surface area (Å²) in [5.41, 5.74) is 3.58. The number of ether oxygens (including phenoxy) is 1. The number of para-hydroxylation sites is 1. The standard InChI is InChI=1S/C32H36N4O3/c1-32(2,3)23-13-11-21(12-14-23)31(38)36-19-25-24(26(25)20-36)17-33-30(37)27-8-6-10-29(34-27)35-15-16-39-28-9-5-4-7-22(28)18-35/h4-14,24-26H,15-20H2,1-3H3,(H,33,37). The average Bonchev–Trinajstić information content (AvgIpc) is 3.49. The van der Waals surface area contributed by atoms with Gasteiger partial charge in [0.25, 0.3) is 11.8 Å². The monoisotopic (exact) mass is 524 g/mol. The van der Waals surface area contributed by atoms with Gasteiger partial charge in [0.1, 0.15) is 23.9 Å². The fraction of sp³-hybridized carbons (Fsp3) is 0.406. The highest BCUT2D eigenvalue weighted by Gasteiger charge is 2.56. The van der Waals surface area contributed by atoms with Crippen LogP contribution in [0.3, 0.4) is 0 Å². The zero-order valence-corrected chi connectivity index (χ0v) is 22.9. The Hall–Kier alpha value is -3.87. The SMILES string of the molecule is CC(C)(C)c1ccc(C(=O)N2CC3C(CNC(=O)c4cccc(N5CCOc6ccccc6C5)n4)C3C2)cc1. The van der Waals surface area contributed by atoms with Crippen LogP contribution in [0.1, 0.15) is 52.7 Å². The molecule has 2 atom stereocenters. The number of piperidine rings is 1. The third-order valence-corrected chi connectivity index (χ3v) is 8.40. The summed E-state index contributed by atoms with van der Waals surface area (Å²) in [6, 6.07) is 21.7. The lowest BCUT2D eigenvalue weighted by Gasteiger charge is -2.22. The Morgan fingerprint density at radius 1 is 0.974 bits per heavy atom. The molecule has 3 aromatic rings. The fourth-order valence-electron chi connectivity index (χ4n) is 5.96. The number of likely N-dealkylation sites (tertiary alicyclic amines) is 1. The first-order valence-corrected chi connectivity index (χ1v) is 13.9. The molecule has 0 bridgehead atoms. The molecule has 2 fully saturated rings. The number of fused-ring (bicyclic) bond motifs is 2. The summed E-state index contributed by atoms with van der Waals surface area (Å²) in [7, 11) is 0. The molecule has 2 amide bonds. The molecule has 7 heteroatoms. The maximum atomic E-state index is 13.0. The predicted octanol–water partition coefficient (Wildman–Crippen LogP) is 4.53. The third-order valence-electron chi connectivity index (χ3n) is 8.40. The molecule has 3 heterocycles. The minimum absolute atomic E-state index is 0.0689. The average molecular weight is 525 g/mol. The van der Waals surface area contributed by atoms with E-state index in [1.165, 1.54) is 5.56 Å². The predicted molar refractivity (Wildman–Crippen MR) is 151 cm³/mol. The molecular weight excluding hydrogens is 488 g/mol. The van der Waals surface area contributed by atoms with Crippen molar-refractivity contribution < 1.29 is 14.3 Å². The second-order valence-electron chi connectivity index (χ2n) is 12.0. The van der Waals surface area contributed by atoms with Crippen molar-refractivity contribution in [3.05, 3.63) is 89.1 Å². The van der Waals surface area contributed by atoms with Gasteiger partial charge in [0, 0.05) is 37.3 Å². The summed E-state index contributed by atoms with van der Waals surface area (Å²) in [6.45, 7) is 10.6. The highest BCUT2D eigenvalue weighted by molar-refractivity contribution is 5.94. The molecule has 1 aliphatic carbocycles. The van der Waals surface area contributed by atoms with Crippen LogP contribution in [-0.2, 0) is 12.0 Å². The Labute approximate surface area is 230 Å². The molecule has 202 valence electrons. The molecule has 1 N–H and O–H groups in total. The van der Waals surface area contributed by atoms with Crippen LogP contribution in [0.4, 0.5) is 5.82 Å². The quantitative estimate of drug-likeness (QED) is 0.531. The number of nitrogens with one attached hydrogen (secondary N) is 1. The Morgan fingerprint density at radius 2 is 1.72 bits per heavy atom. The molecule has 2 unspecified atom stereocenters. The maximum absolute atomic E-state index is 13.0. The van der Waals surface area contributed by atoms with Gasteiger partial charge in [-0.2, -0.15) is 0 Å². The second-order valence-corrected chi connectivity index (χ2v) is 12.0. The van der Waals surface area contributed by atoms with E-state index in [0.717, 1.165) is 35.8 Å². The molecule has 2 aliphatic heterocycles. The summed E-state index contributed by atoms with van der Waals surface area (Å²) in [6.07, 6.45) is 0. The van der Waals surface area contributed by atoms with Crippen LogP contribution in [-0.4, -0.2) is 54.5 Å². The first-order valence-electron chi connectivity index (χ1n) is 13.9. The van der Waals surface area contributed by atoms with Gasteiger partial charge in [-0.15, -0.1) is 0 Å². The van der Waals surface area contributed by atoms with Crippen LogP contribution in [0.25, 0.3) is 0 Å². The van der Waals surface area contributed by atoms with Crippen molar-refractivity contribution in [2.75, 3.05) is 37.7 Å². The Morgan fingerprint density at radius 3 is 2.46 bits per heavy atom. The number of rotatable bonds is 5. The number of aromatic nitrogens is 1. The summed E-state index contributed by atoms with van der Waals surface area (Å²) in [5.74, 6) is 2.97. The van der Waals surface area contributed by atoms with Crippen LogP contribution in [0.15, 0.2) is 66.7 Å². The van der Waals surface area contributed by atoms with Crippen LogP contribution < -0.4 is 15.0 Å². The van der Waals surface area contributed by atoms with Gasteiger partial charge in [-0.05, 0) is 59.1 Å². The van der Waals surface area contributed by atoms with E-state index in [1.807, 2.05) is 47.4 Å². The summed E-state index contributed by atoms with van der Waals surface area (Å²) in [4.78, 5) is 34.8. The number of amides is 2. The van der Waals surface area contributed by atoms with Crippen LogP contribution in [0, 0.1) is 17.8 Å². The van der Waals surface area contributed by atoms with Gasteiger partial charge >= 0.3 is 0 Å². The van der Waals surface area contributed by atoms with Gasteiger partial charge in [-0.25, -0.2) is 4.98 Å². The smallest absolute Gasteiger partial charge is 0.269 e. The van der Waals surface area contributed by atoms with Crippen LogP contribution >= 0.6 is 0 Å². The molecule has 1 saturated carbocycles. The molecule has 7 nitrogen and oxygen atoms in total. The van der Waals surface area contributed by atoms with E-state index < -0.39 is 0 Å². The number of benzene rings is 2. The number of hydrogen-bond acceptors (Lipinski definition) is 5. The largest absolute Gasteiger partial charge is 0.491 e. The number of pyridine rings is 1. The van der Waals surface area contributed by atoms with Gasteiger partial charge in [0.2, 0.25) is 0 Å². The van der Waals surface area contributed by atoms with E-state index in [2.05, 4.69) is 54.2 Å². The molecule has 6 rings (SSSR count). The molecule has 1 saturated heterocycles. The lowest BCUT2D eigenvalue weighted by atomic mass is 9.86. The molecule has 1 aromatic heterocycles. The molecular formula is C32H36N4O3. The van der Waals surface area contributed by atoms with Crippen molar-refractivity contribution in [2.45, 2.75) is 32.7 Å². The number of anilines is 1. The second kappa shape index (κ2) is 10.0. The highest BCUT2D eigenvalue weighted by Crippen LogP contribution is 2.51. The lowest BCUT2D eigenvalue weighted by Crippen LogP contribution is -2.34. The van der Waals surface area contributed by atoms with Gasteiger partial charge < -0.3 is 19.9 Å². The van der Waals surface area contributed by atoms with Crippen LogP contribution in [0.5, 0.6) is 5.75 Å². The van der Waals surface area contributed by atoms with Crippen molar-refractivity contribution in [2.24, 2.45) is 17.8 Å². The van der Waals surface area contributed by atoms with Gasteiger partial charge in [0.15, 0.2) is 0 Å². The van der Waals surface area contributed by atoms with E-state index in [1.54, 1.807) is 6.07 Å². The first-order chi connectivity index (χ1) is 18.8. The number of carbonyl (C=O) groups excluding carboxylic acids is 2. The molecule has 3 aliphatic rings. The van der Waals surface area contributed by atoms with Crippen molar-refractivity contribution in [1.82, 2.24) is 15.2 Å². The zero-order chi connectivity index (χ0) is 27.1. The maximum Gasteiger partial charge on any atom is 0.269 e. The molecule has 2 aromatic carbocycles. The summed E-state index contributed by atoms with van der Waals surface area (Å²) >= 11 is 0. The summed E-state index contributed by atoms with van der Waals surface area (Å²) < 4.78 is 5.88. The van der Waals surface area contributed by atoms with E-state index in [4.69, 9.17) is 4.74 Å². The molecule has 39 heavy (non-hydrogen) atoms. The number of carbonyl (C=O) groups is 2. The van der Waals surface area contributed by atoms with Crippen molar-refractivity contribution in [3.8, 4) is 5.75 Å². The topological polar surface area (TPSA) is 74.8 Å². The normalized spacial score (nSPS) is 21.9. The van der Waals surface area contributed by atoms with Gasteiger partial charge in [-0.1, -0.05) is 57.2 Å². The van der Waals surface area contributed by atoms with Crippen molar-refractivity contribution >= 4 is 17.6 Å². The zero-order valence-electron chi connectivity index (χ0n) is 22.9. The van der Waals surface area contributed by atoms with Crippen molar-refractivity contribution in [1.29, 1.82) is 0 Å². The van der Waals surface area contributed by atoms with E-state index >= 15 is 0 Å². The van der Waals surface area contributed by atoms with E-state index in [-0.39, 0.29) is 17.2 Å². The Kier molecular flexibility index (Phi) is 6.53. The summed E-state index contributed by atoms with van der Waals surface area (Å²) in [5, 5.41) is 3.10. The molecule has 0 spiro atoms. The lowest BCUT2D eigenvalue weighted by molar-refractivity contribution is 0.0764. The number of hydrogen-bond donors (Lipinski definition) is 1. The number of nitrogens with zero attached hydrogens (tertiary/aromatic N) is 3. The highest BCUT2D eigenvalue weighted by atomic mass is 16.5. The fourth-order valence-corrected chi connectivity index (χ4v) is 5.96. The van der Waals surface area contributed by atoms with E-state index in [0.29, 0.717) is 49.7 Å². The Balaban J connectivity index is 1.01. The van der Waals surface area contributed by atoms with Crippen LogP contribution in [0.2, 0.25) is 0 Å². The Bertz CT molecular complexity index is 1370. The minimum atomic E-state index is -0.153.